The lowest BCUT2D eigenvalue weighted by atomic mass is 10.3. The SMILES string of the molecule is CCn1nccc1CN(C)C(=O)CCn1ccc(C(=O)O)n1. The summed E-state index contributed by atoms with van der Waals surface area (Å²) in [7, 11) is 1.74. The van der Waals surface area contributed by atoms with Crippen LogP contribution >= 0.6 is 0 Å². The molecule has 0 unspecified atom stereocenters. The maximum atomic E-state index is 12.1. The van der Waals surface area contributed by atoms with Gasteiger partial charge in [0.2, 0.25) is 5.91 Å². The van der Waals surface area contributed by atoms with Crippen LogP contribution < -0.4 is 0 Å². The average Bonchev–Trinajstić information content (AvgIpc) is 3.13. The third-order valence-corrected chi connectivity index (χ3v) is 3.34. The van der Waals surface area contributed by atoms with Crippen LogP contribution in [-0.2, 0) is 24.4 Å². The zero-order chi connectivity index (χ0) is 16.1. The van der Waals surface area contributed by atoms with Gasteiger partial charge in [-0.1, -0.05) is 0 Å². The van der Waals surface area contributed by atoms with E-state index in [1.807, 2.05) is 17.7 Å². The third-order valence-electron chi connectivity index (χ3n) is 3.34. The number of rotatable bonds is 7. The van der Waals surface area contributed by atoms with Crippen LogP contribution in [0.4, 0.5) is 0 Å². The predicted molar refractivity (Wildman–Crippen MR) is 78.2 cm³/mol. The Bertz CT molecular complexity index is 661. The van der Waals surface area contributed by atoms with Crippen molar-refractivity contribution in [3.05, 3.63) is 35.9 Å². The molecule has 22 heavy (non-hydrogen) atoms. The fraction of sp³-hybridized carbons (Fsp3) is 0.429. The second-order valence-electron chi connectivity index (χ2n) is 4.91. The van der Waals surface area contributed by atoms with Crippen molar-refractivity contribution in [3.63, 3.8) is 0 Å². The van der Waals surface area contributed by atoms with Gasteiger partial charge in [-0.3, -0.25) is 14.2 Å². The first-order chi connectivity index (χ1) is 10.5. The van der Waals surface area contributed by atoms with E-state index in [9.17, 15) is 9.59 Å². The van der Waals surface area contributed by atoms with E-state index in [0.717, 1.165) is 12.2 Å². The number of carboxylic acids is 1. The Balaban J connectivity index is 1.87. The molecule has 0 spiro atoms. The van der Waals surface area contributed by atoms with Gasteiger partial charge in [-0.2, -0.15) is 10.2 Å². The molecule has 0 saturated heterocycles. The highest BCUT2D eigenvalue weighted by atomic mass is 16.4. The molecule has 0 bridgehead atoms. The predicted octanol–water partition coefficient (Wildman–Crippen LogP) is 0.846. The van der Waals surface area contributed by atoms with Gasteiger partial charge in [-0.25, -0.2) is 4.79 Å². The van der Waals surface area contributed by atoms with Crippen LogP contribution in [0.1, 0.15) is 29.5 Å². The van der Waals surface area contributed by atoms with E-state index >= 15 is 0 Å². The molecule has 2 rings (SSSR count). The van der Waals surface area contributed by atoms with Gasteiger partial charge in [0, 0.05) is 39.0 Å². The molecule has 0 aliphatic rings. The minimum absolute atomic E-state index is 0.0207. The molecular weight excluding hydrogens is 286 g/mol. The maximum Gasteiger partial charge on any atom is 0.356 e. The van der Waals surface area contributed by atoms with Crippen LogP contribution in [0.25, 0.3) is 0 Å². The van der Waals surface area contributed by atoms with Crippen molar-refractivity contribution >= 4 is 11.9 Å². The lowest BCUT2D eigenvalue weighted by Crippen LogP contribution is -2.28. The van der Waals surface area contributed by atoms with Gasteiger partial charge in [0.25, 0.3) is 0 Å². The molecule has 2 aromatic rings. The smallest absolute Gasteiger partial charge is 0.356 e. The summed E-state index contributed by atoms with van der Waals surface area (Å²) >= 11 is 0. The lowest BCUT2D eigenvalue weighted by molar-refractivity contribution is -0.130. The zero-order valence-corrected chi connectivity index (χ0v) is 12.6. The summed E-state index contributed by atoms with van der Waals surface area (Å²) in [6.45, 7) is 3.60. The van der Waals surface area contributed by atoms with E-state index in [1.54, 1.807) is 24.3 Å². The Morgan fingerprint density at radius 1 is 1.36 bits per heavy atom. The number of hydrogen-bond donors (Lipinski definition) is 1. The maximum absolute atomic E-state index is 12.1. The molecule has 0 aliphatic heterocycles. The number of hydrogen-bond acceptors (Lipinski definition) is 4. The molecule has 8 heteroatoms. The second kappa shape index (κ2) is 6.88. The summed E-state index contributed by atoms with van der Waals surface area (Å²) in [5.74, 6) is -1.11. The fourth-order valence-electron chi connectivity index (χ4n) is 2.11. The van der Waals surface area contributed by atoms with Crippen LogP contribution in [0, 0.1) is 0 Å². The first-order valence-corrected chi connectivity index (χ1v) is 7.02. The molecule has 118 valence electrons. The van der Waals surface area contributed by atoms with Crippen molar-refractivity contribution in [2.24, 2.45) is 0 Å². The number of carbonyl (C=O) groups excluding carboxylic acids is 1. The number of aryl methyl sites for hydroxylation is 2. The van der Waals surface area contributed by atoms with Crippen molar-refractivity contribution in [3.8, 4) is 0 Å². The van der Waals surface area contributed by atoms with Crippen LogP contribution in [0.2, 0.25) is 0 Å². The summed E-state index contributed by atoms with van der Waals surface area (Å²) in [4.78, 5) is 24.5. The van der Waals surface area contributed by atoms with Gasteiger partial charge in [0.1, 0.15) is 0 Å². The number of carbonyl (C=O) groups is 2. The number of amides is 1. The van der Waals surface area contributed by atoms with Crippen LogP contribution in [0.5, 0.6) is 0 Å². The Kier molecular flexibility index (Phi) is 4.92. The summed E-state index contributed by atoms with van der Waals surface area (Å²) in [5, 5.41) is 16.8. The highest BCUT2D eigenvalue weighted by Crippen LogP contribution is 2.05. The number of carboxylic acid groups (broad SMARTS) is 1. The minimum Gasteiger partial charge on any atom is -0.476 e. The van der Waals surface area contributed by atoms with E-state index in [1.165, 1.54) is 10.7 Å². The number of aromatic nitrogens is 4. The first-order valence-electron chi connectivity index (χ1n) is 7.02. The van der Waals surface area contributed by atoms with Crippen LogP contribution in [-0.4, -0.2) is 48.5 Å². The van der Waals surface area contributed by atoms with Crippen molar-refractivity contribution < 1.29 is 14.7 Å². The Morgan fingerprint density at radius 2 is 2.14 bits per heavy atom. The summed E-state index contributed by atoms with van der Waals surface area (Å²) in [6.07, 6.45) is 3.54. The van der Waals surface area contributed by atoms with Crippen molar-refractivity contribution in [1.29, 1.82) is 0 Å². The Hall–Kier alpha value is -2.64. The number of nitrogens with zero attached hydrogens (tertiary/aromatic N) is 5. The lowest BCUT2D eigenvalue weighted by Gasteiger charge is -2.17. The quantitative estimate of drug-likeness (QED) is 0.818. The normalized spacial score (nSPS) is 10.6. The third kappa shape index (κ3) is 3.72. The molecule has 0 atom stereocenters. The standard InChI is InChI=1S/C14H19N5O3/c1-3-19-11(4-7-15-19)10-17(2)13(20)6-9-18-8-5-12(16-18)14(21)22/h4-5,7-8H,3,6,9-10H2,1-2H3,(H,21,22). The Morgan fingerprint density at radius 3 is 2.77 bits per heavy atom. The molecule has 2 heterocycles. The van der Waals surface area contributed by atoms with Crippen molar-refractivity contribution in [2.75, 3.05) is 7.05 Å². The van der Waals surface area contributed by atoms with E-state index in [4.69, 9.17) is 5.11 Å². The van der Waals surface area contributed by atoms with Gasteiger partial charge in [-0.05, 0) is 19.1 Å². The molecule has 2 aromatic heterocycles. The molecule has 1 N–H and O–H groups in total. The van der Waals surface area contributed by atoms with Gasteiger partial charge >= 0.3 is 5.97 Å². The van der Waals surface area contributed by atoms with Gasteiger partial charge in [0.05, 0.1) is 12.2 Å². The first kappa shape index (κ1) is 15.7. The second-order valence-corrected chi connectivity index (χ2v) is 4.91. The molecule has 0 aliphatic carbocycles. The Labute approximate surface area is 127 Å². The van der Waals surface area contributed by atoms with E-state index < -0.39 is 5.97 Å². The molecule has 0 fully saturated rings. The molecule has 1 amide bonds. The average molecular weight is 305 g/mol. The molecule has 0 radical (unpaired) electrons. The molecule has 8 nitrogen and oxygen atoms in total. The van der Waals surface area contributed by atoms with E-state index in [-0.39, 0.29) is 18.0 Å². The fourth-order valence-corrected chi connectivity index (χ4v) is 2.11. The topological polar surface area (TPSA) is 93.2 Å². The molecule has 0 aromatic carbocycles. The molecule has 0 saturated carbocycles. The minimum atomic E-state index is -1.07. The van der Waals surface area contributed by atoms with Crippen molar-refractivity contribution in [2.45, 2.75) is 33.0 Å². The monoisotopic (exact) mass is 305 g/mol. The highest BCUT2D eigenvalue weighted by molar-refractivity contribution is 5.85. The van der Waals surface area contributed by atoms with Gasteiger partial charge in [-0.15, -0.1) is 0 Å². The largest absolute Gasteiger partial charge is 0.476 e. The molecular formula is C14H19N5O3. The van der Waals surface area contributed by atoms with E-state index in [2.05, 4.69) is 10.2 Å². The summed E-state index contributed by atoms with van der Waals surface area (Å²) in [5.41, 5.74) is 0.957. The van der Waals surface area contributed by atoms with Gasteiger partial charge in [0.15, 0.2) is 5.69 Å². The van der Waals surface area contributed by atoms with Crippen LogP contribution in [0.3, 0.4) is 0 Å². The number of aromatic carboxylic acids is 1. The van der Waals surface area contributed by atoms with Crippen LogP contribution in [0.15, 0.2) is 24.5 Å². The summed E-state index contributed by atoms with van der Waals surface area (Å²) < 4.78 is 3.31. The van der Waals surface area contributed by atoms with Gasteiger partial charge < -0.3 is 10.0 Å². The van der Waals surface area contributed by atoms with Crippen molar-refractivity contribution in [1.82, 2.24) is 24.5 Å². The summed E-state index contributed by atoms with van der Waals surface area (Å²) in [6, 6.07) is 3.30. The zero-order valence-electron chi connectivity index (χ0n) is 12.6. The highest BCUT2D eigenvalue weighted by Gasteiger charge is 2.13. The van der Waals surface area contributed by atoms with E-state index in [0.29, 0.717) is 13.1 Å².